The molecule has 12 rings (SSSR count). The number of carboxylic acids is 1. The smallest absolute Gasteiger partial charge is 0.326 e. The summed E-state index contributed by atoms with van der Waals surface area (Å²) in [6.45, 7) is 29.5. The first kappa shape index (κ1) is 96.5. The Morgan fingerprint density at radius 1 is 0.720 bits per heavy atom. The van der Waals surface area contributed by atoms with Crippen molar-refractivity contribution < 1.29 is 79.2 Å². The Hall–Kier alpha value is -8.61. The third-order valence-electron chi connectivity index (χ3n) is 23.0. The van der Waals surface area contributed by atoms with Gasteiger partial charge < -0.3 is 33.9 Å². The van der Waals surface area contributed by atoms with E-state index in [0.29, 0.717) is 69.9 Å². The van der Waals surface area contributed by atoms with E-state index in [-0.39, 0.29) is 130 Å². The molecule has 2 saturated heterocycles. The predicted octanol–water partition coefficient (Wildman–Crippen LogP) is 8.88. The minimum Gasteiger partial charge on any atom is -0.480 e. The Kier molecular flexibility index (Phi) is 33.6. The molecule has 12 atom stereocenters. The number of aryl methyl sites for hydroxylation is 2. The van der Waals surface area contributed by atoms with Gasteiger partial charge in [0.1, 0.15) is 29.8 Å². The second-order valence-corrected chi connectivity index (χ2v) is 38.2. The zero-order valence-electron chi connectivity index (χ0n) is 69.6. The number of aliphatic carboxylic acids is 1. The summed E-state index contributed by atoms with van der Waals surface area (Å²) in [6.07, 6.45) is 19.8. The molecule has 4 amide bonds. The highest BCUT2D eigenvalue weighted by atomic mass is 32.2. The number of carbonyl (C=O) groups is 8. The van der Waals surface area contributed by atoms with E-state index >= 15 is 0 Å². The fraction of sp³-hybridized carbons (Fsp3) is 0.558. The van der Waals surface area contributed by atoms with Gasteiger partial charge in [-0.1, -0.05) is 132 Å². The number of carbonyl (C=O) groups excluding carboxylic acids is 7. The van der Waals surface area contributed by atoms with Crippen LogP contribution in [0.5, 0.6) is 11.8 Å². The van der Waals surface area contributed by atoms with E-state index in [9.17, 15) is 60.3 Å². The molecular formula is C86H110B7N6O17S2. The molecule has 4 aliphatic heterocycles. The molecular weight excluding hydrogens is 1530 g/mol. The van der Waals surface area contributed by atoms with Gasteiger partial charge in [0.25, 0.3) is 0 Å². The molecule has 6 fully saturated rings. The van der Waals surface area contributed by atoms with Gasteiger partial charge in [-0.2, -0.15) is 0 Å². The molecule has 4 aliphatic carbocycles. The second kappa shape index (κ2) is 41.1. The van der Waals surface area contributed by atoms with Crippen LogP contribution in [0.1, 0.15) is 183 Å². The third-order valence-corrected chi connectivity index (χ3v) is 26.7. The van der Waals surface area contributed by atoms with Crippen molar-refractivity contribution in [1.29, 1.82) is 0 Å². The van der Waals surface area contributed by atoms with Crippen LogP contribution in [0.25, 0.3) is 33.7 Å². The van der Waals surface area contributed by atoms with Crippen molar-refractivity contribution >= 4 is 151 Å². The Morgan fingerprint density at radius 2 is 1.17 bits per heavy atom. The molecule has 0 unspecified atom stereocenters. The van der Waals surface area contributed by atoms with Gasteiger partial charge in [0.05, 0.1) is 66.9 Å². The minimum absolute atomic E-state index is 0. The zero-order chi connectivity index (χ0) is 86.4. The molecule has 4 saturated carbocycles. The summed E-state index contributed by atoms with van der Waals surface area (Å²) < 4.78 is 77.4. The number of terminal acetylenes is 1. The Bertz CT molecular complexity index is 4880. The average molecular weight is 1640 g/mol. The van der Waals surface area contributed by atoms with Gasteiger partial charge >= 0.3 is 5.97 Å². The molecule has 619 valence electrons. The normalized spacial score (nSPS) is 26.2. The summed E-state index contributed by atoms with van der Waals surface area (Å²) in [5, 5.41) is 12.6. The number of Topliss-reactive ketones (excluding diaryl/α,β-unsaturated/α-hetero) is 3. The number of nitrogens with one attached hydrogen (secondary N) is 2. The molecule has 0 spiro atoms. The highest BCUT2D eigenvalue weighted by Crippen LogP contribution is 2.58. The summed E-state index contributed by atoms with van der Waals surface area (Å²) >= 11 is 0. The van der Waals surface area contributed by atoms with Gasteiger partial charge in [0.2, 0.25) is 55.4 Å². The molecule has 6 heterocycles. The van der Waals surface area contributed by atoms with Crippen molar-refractivity contribution in [2.24, 2.45) is 57.2 Å². The van der Waals surface area contributed by atoms with E-state index in [1.165, 1.54) is 12.0 Å². The predicted molar refractivity (Wildman–Crippen MR) is 467 cm³/mol. The van der Waals surface area contributed by atoms with E-state index in [2.05, 4.69) is 67.7 Å². The van der Waals surface area contributed by atoms with Crippen LogP contribution in [-0.4, -0.2) is 214 Å². The number of fused-ring (bicyclic) bond motifs is 6. The Labute approximate surface area is 705 Å². The van der Waals surface area contributed by atoms with Crippen LogP contribution in [0, 0.1) is 107 Å². The van der Waals surface area contributed by atoms with E-state index in [0.717, 1.165) is 43.8 Å². The van der Waals surface area contributed by atoms with Gasteiger partial charge in [-0.25, -0.2) is 31.6 Å². The number of sulfonamides is 2. The zero-order valence-corrected chi connectivity index (χ0v) is 71.2. The Balaban J connectivity index is 0.000000247. The number of benzene rings is 2. The number of hydrogen-bond donors (Lipinski definition) is 3. The van der Waals surface area contributed by atoms with Crippen molar-refractivity contribution in [2.75, 3.05) is 39.5 Å². The maximum atomic E-state index is 14.6. The maximum absolute atomic E-state index is 14.6. The number of allylic oxidation sites excluding steroid dienone is 1. The van der Waals surface area contributed by atoms with Gasteiger partial charge in [-0.15, -0.1) is 13.0 Å². The van der Waals surface area contributed by atoms with Gasteiger partial charge in [-0.3, -0.25) is 43.0 Å². The van der Waals surface area contributed by atoms with Crippen LogP contribution >= 0.6 is 0 Å². The van der Waals surface area contributed by atoms with E-state index in [1.54, 1.807) is 51.1 Å². The van der Waals surface area contributed by atoms with Crippen LogP contribution in [0.4, 0.5) is 0 Å². The first-order valence-corrected chi connectivity index (χ1v) is 43.0. The number of carboxylic acid groups (broad SMARTS) is 1. The van der Waals surface area contributed by atoms with Gasteiger partial charge in [-0.05, 0) is 163 Å². The quantitative estimate of drug-likeness (QED) is 0.0602. The largest absolute Gasteiger partial charge is 0.480 e. The average Bonchev–Trinajstić information content (AvgIpc) is 1.58. The summed E-state index contributed by atoms with van der Waals surface area (Å²) in [6, 6.07) is 9.99. The fourth-order valence-corrected chi connectivity index (χ4v) is 17.6. The van der Waals surface area contributed by atoms with Crippen LogP contribution < -0.4 is 18.9 Å². The lowest BCUT2D eigenvalue weighted by atomic mass is 8.76. The highest BCUT2D eigenvalue weighted by molar-refractivity contribution is 7.91. The van der Waals surface area contributed by atoms with Crippen molar-refractivity contribution in [3.8, 4) is 47.8 Å². The number of aromatic nitrogens is 2. The molecule has 118 heavy (non-hydrogen) atoms. The summed E-state index contributed by atoms with van der Waals surface area (Å²) in [4.78, 5) is 119. The first-order valence-electron chi connectivity index (χ1n) is 40.0. The van der Waals surface area contributed by atoms with Crippen LogP contribution in [0.3, 0.4) is 0 Å². The summed E-state index contributed by atoms with van der Waals surface area (Å²) in [5.41, 5.74) is 1.22. The summed E-state index contributed by atoms with van der Waals surface area (Å²) in [7, 11) is 14.4. The number of ether oxygens (including phenoxy) is 4. The topological polar surface area (TPSA) is 318 Å². The molecule has 3 N–H and O–H groups in total. The second-order valence-electron chi connectivity index (χ2n) is 34.3. The fourth-order valence-electron chi connectivity index (χ4n) is 14.8. The molecule has 2 aromatic heterocycles. The van der Waals surface area contributed by atoms with E-state index in [1.807, 2.05) is 111 Å². The number of ketones is 3. The van der Waals surface area contributed by atoms with Crippen LogP contribution in [0.15, 0.2) is 73.6 Å². The van der Waals surface area contributed by atoms with Crippen LogP contribution in [-0.2, 0) is 67.9 Å². The standard InChI is InChI=1S/C39H51N3O8S.C29H36N2O6.C10H15NO3S.C7H4.CH4.B7/c1-7-27-19-39(27,37(46)41-51(47,48)29-10-11-29)20-34(44)32-17-28-21-42(32)36(45)31(38(4,5)6)18-33(43)24(3)22-49-14-8-9-25-16-30-26(15-23(25)2)12-13-40-35(30)50-28;1-17-11-20-8-9-30-26-22(20)12-19(17)7-6-10-36-16-18(2)25(32)14-23(29(3,4)5)27(33)31-15-21(37-26)13-24(31)28(34)35;1-3-7-6-10(7,2)9(12)11-15(13,14)8-4-5-8;1-3-5-7-6-4-2;;1-5-7(4)6(2)3/h8-9,12-13,15-16,24,27-29,31-32H,7,10-11,14,17-22H2,1-6H3,(H,41,46);6-9,11-12,18,21,23-24H,10,13-16H2,1-5H3,(H,34,35);3,7-8H,1,4-6H2,2H3,(H,11,12);1H,2H3;1H4;/b9-8+;7-6+;;;;/t24-,27+,28+,31+,32-,39+;18-,21+,23+,24-;7-,10+;;;/m001.../s1. The number of nitrogens with zero attached hydrogens (tertiary/aromatic N) is 4. The number of rotatable bonds is 14. The van der Waals surface area contributed by atoms with E-state index in [4.69, 9.17) is 56.3 Å². The third kappa shape index (κ3) is 25.0. The van der Waals surface area contributed by atoms with Crippen LogP contribution in [0.2, 0.25) is 0 Å². The molecule has 23 nitrogen and oxygen atoms in total. The van der Waals surface area contributed by atoms with Gasteiger partial charge in [0, 0.05) is 130 Å². The number of hydrogen-bond acceptors (Lipinski definition) is 18. The lowest BCUT2D eigenvalue weighted by molar-refractivity contribution is -0.152. The van der Waals surface area contributed by atoms with Crippen molar-refractivity contribution in [3.63, 3.8) is 0 Å². The lowest BCUT2D eigenvalue weighted by Gasteiger charge is -2.35. The SMILES string of the molecule is C.C#CC#CC#CC.C=C[C@@H]1C[C@]1(C)C(=O)NS(=O)(=O)C1CC1.CC[C@@H]1C[C@]1(CC(=O)[C@@H]1C[C@@H]2CN1C(=O)[C@H](C(C)(C)C)CC(=O)[C@@H](C)COC/C=C/c1cc3c(nccc3cc1C)O2)C(=O)NS(=O)(=O)C1CC1.Cc1cc2ccnc3c2cc1/C=C/COC[C@H](C)C(=O)C[C@@H](C(C)(C)C)C(=O)N1C[C@@H](C[C@H]1C(=O)O)O3.[B][B]B([B])B([B])[B]. The minimum atomic E-state index is -3.80. The van der Waals surface area contributed by atoms with Crippen molar-refractivity contribution in [3.05, 3.63) is 95.9 Å². The summed E-state index contributed by atoms with van der Waals surface area (Å²) in [5.74, 6) is 7.32. The monoisotopic (exact) mass is 1640 g/mol. The molecule has 9 radical (unpaired) electrons. The number of amides is 4. The highest BCUT2D eigenvalue weighted by Gasteiger charge is 2.62. The van der Waals surface area contributed by atoms with Crippen molar-refractivity contribution in [2.45, 2.75) is 209 Å². The lowest BCUT2D eigenvalue weighted by Crippen LogP contribution is -2.49. The first-order chi connectivity index (χ1) is 55.0. The van der Waals surface area contributed by atoms with E-state index < -0.39 is 107 Å². The molecule has 4 aromatic rings. The molecule has 8 aliphatic rings. The Morgan fingerprint density at radius 3 is 1.54 bits per heavy atom. The molecule has 8 bridgehead atoms. The van der Waals surface area contributed by atoms with Crippen molar-refractivity contribution in [1.82, 2.24) is 29.2 Å². The molecule has 32 heteroatoms. The number of pyridine rings is 2. The maximum Gasteiger partial charge on any atom is 0.326 e. The van der Waals surface area contributed by atoms with Gasteiger partial charge in [0.15, 0.2) is 5.78 Å². The molecule has 2 aromatic carbocycles.